The SMILES string of the molecule is CCn1cc(CN(C)CCC2(O)CCCC2)cc1C#N. The molecule has 1 aliphatic rings. The largest absolute Gasteiger partial charge is 0.390 e. The van der Waals surface area contributed by atoms with Gasteiger partial charge in [0.2, 0.25) is 0 Å². The molecule has 1 N–H and O–H groups in total. The third-order valence-corrected chi connectivity index (χ3v) is 4.35. The average molecular weight is 275 g/mol. The van der Waals surface area contributed by atoms with Gasteiger partial charge in [0.25, 0.3) is 0 Å². The van der Waals surface area contributed by atoms with Crippen LogP contribution in [-0.4, -0.2) is 33.8 Å². The van der Waals surface area contributed by atoms with Crippen molar-refractivity contribution in [2.75, 3.05) is 13.6 Å². The molecule has 4 nitrogen and oxygen atoms in total. The van der Waals surface area contributed by atoms with Gasteiger partial charge in [-0.25, -0.2) is 0 Å². The van der Waals surface area contributed by atoms with Crippen LogP contribution >= 0.6 is 0 Å². The van der Waals surface area contributed by atoms with Gasteiger partial charge in [0.05, 0.1) is 5.60 Å². The van der Waals surface area contributed by atoms with Gasteiger partial charge in [-0.1, -0.05) is 12.8 Å². The van der Waals surface area contributed by atoms with E-state index >= 15 is 0 Å². The van der Waals surface area contributed by atoms with Crippen molar-refractivity contribution in [2.24, 2.45) is 0 Å². The van der Waals surface area contributed by atoms with Crippen molar-refractivity contribution in [3.63, 3.8) is 0 Å². The Morgan fingerprint density at radius 1 is 1.45 bits per heavy atom. The monoisotopic (exact) mass is 275 g/mol. The number of nitriles is 1. The number of rotatable bonds is 6. The van der Waals surface area contributed by atoms with Crippen LogP contribution in [0, 0.1) is 11.3 Å². The standard InChI is InChI=1S/C16H25N3O/c1-3-19-13-14(10-15(19)11-17)12-18(2)9-8-16(20)6-4-5-7-16/h10,13,20H,3-9,12H2,1-2H3. The molecule has 1 heterocycles. The summed E-state index contributed by atoms with van der Waals surface area (Å²) in [4.78, 5) is 2.23. The van der Waals surface area contributed by atoms with E-state index in [1.807, 2.05) is 17.6 Å². The van der Waals surface area contributed by atoms with E-state index in [0.717, 1.165) is 57.4 Å². The van der Waals surface area contributed by atoms with Crippen LogP contribution in [0.1, 0.15) is 50.3 Å². The summed E-state index contributed by atoms with van der Waals surface area (Å²) in [5, 5.41) is 19.4. The maximum Gasteiger partial charge on any atom is 0.120 e. The summed E-state index contributed by atoms with van der Waals surface area (Å²) < 4.78 is 1.98. The Bertz CT molecular complexity index is 480. The van der Waals surface area contributed by atoms with Gasteiger partial charge in [-0.05, 0) is 44.9 Å². The minimum Gasteiger partial charge on any atom is -0.390 e. The Morgan fingerprint density at radius 2 is 2.15 bits per heavy atom. The lowest BCUT2D eigenvalue weighted by atomic mass is 9.98. The fourth-order valence-corrected chi connectivity index (χ4v) is 3.08. The van der Waals surface area contributed by atoms with Gasteiger partial charge >= 0.3 is 0 Å². The summed E-state index contributed by atoms with van der Waals surface area (Å²) in [6, 6.07) is 4.19. The molecule has 1 aromatic rings. The van der Waals surface area contributed by atoms with E-state index < -0.39 is 5.60 Å². The smallest absolute Gasteiger partial charge is 0.120 e. The molecular weight excluding hydrogens is 250 g/mol. The highest BCUT2D eigenvalue weighted by Crippen LogP contribution is 2.32. The van der Waals surface area contributed by atoms with Gasteiger partial charge in [0.1, 0.15) is 11.8 Å². The zero-order chi connectivity index (χ0) is 14.6. The number of hydrogen-bond acceptors (Lipinski definition) is 3. The van der Waals surface area contributed by atoms with Crippen molar-refractivity contribution in [3.05, 3.63) is 23.5 Å². The molecule has 1 saturated carbocycles. The molecule has 0 radical (unpaired) electrons. The van der Waals surface area contributed by atoms with Gasteiger partial charge in [0, 0.05) is 25.8 Å². The first-order valence-electron chi connectivity index (χ1n) is 7.56. The van der Waals surface area contributed by atoms with Crippen LogP contribution in [-0.2, 0) is 13.1 Å². The van der Waals surface area contributed by atoms with E-state index in [0.29, 0.717) is 0 Å². The Labute approximate surface area is 121 Å². The molecule has 0 bridgehead atoms. The average Bonchev–Trinajstić information content (AvgIpc) is 3.03. The Kier molecular flexibility index (Phi) is 4.85. The number of aryl methyl sites for hydroxylation is 1. The molecule has 1 aromatic heterocycles. The Balaban J connectivity index is 1.86. The number of hydrogen-bond donors (Lipinski definition) is 1. The van der Waals surface area contributed by atoms with Gasteiger partial charge in [-0.2, -0.15) is 5.26 Å². The first-order chi connectivity index (χ1) is 9.56. The summed E-state index contributed by atoms with van der Waals surface area (Å²) in [7, 11) is 2.08. The highest BCUT2D eigenvalue weighted by Gasteiger charge is 2.30. The van der Waals surface area contributed by atoms with Crippen LogP contribution in [0.2, 0.25) is 0 Å². The molecule has 0 amide bonds. The maximum atomic E-state index is 10.4. The van der Waals surface area contributed by atoms with Gasteiger partial charge in [0.15, 0.2) is 0 Å². The molecule has 4 heteroatoms. The van der Waals surface area contributed by atoms with Gasteiger partial charge in [-0.3, -0.25) is 0 Å². The second-order valence-electron chi connectivity index (χ2n) is 6.05. The first-order valence-corrected chi connectivity index (χ1v) is 7.56. The third-order valence-electron chi connectivity index (χ3n) is 4.35. The van der Waals surface area contributed by atoms with Crippen LogP contribution in [0.3, 0.4) is 0 Å². The van der Waals surface area contributed by atoms with E-state index in [1.54, 1.807) is 0 Å². The molecular formula is C16H25N3O. The fraction of sp³-hybridized carbons (Fsp3) is 0.688. The minimum absolute atomic E-state index is 0.429. The predicted molar refractivity (Wildman–Crippen MR) is 79.2 cm³/mol. The van der Waals surface area contributed by atoms with Crippen molar-refractivity contribution in [1.82, 2.24) is 9.47 Å². The predicted octanol–water partition coefficient (Wildman–Crippen LogP) is 2.51. The van der Waals surface area contributed by atoms with Crippen molar-refractivity contribution in [2.45, 2.75) is 57.7 Å². The molecule has 110 valence electrons. The van der Waals surface area contributed by atoms with E-state index in [-0.39, 0.29) is 0 Å². The van der Waals surface area contributed by atoms with E-state index in [9.17, 15) is 5.11 Å². The van der Waals surface area contributed by atoms with Crippen molar-refractivity contribution in [3.8, 4) is 6.07 Å². The highest BCUT2D eigenvalue weighted by molar-refractivity contribution is 5.28. The number of aromatic nitrogens is 1. The summed E-state index contributed by atoms with van der Waals surface area (Å²) in [6.07, 6.45) is 7.12. The second kappa shape index (κ2) is 6.43. The van der Waals surface area contributed by atoms with Crippen LogP contribution in [0.4, 0.5) is 0 Å². The van der Waals surface area contributed by atoms with Crippen LogP contribution in [0.25, 0.3) is 0 Å². The summed E-state index contributed by atoms with van der Waals surface area (Å²) in [5.41, 5.74) is 1.47. The van der Waals surface area contributed by atoms with Crippen molar-refractivity contribution < 1.29 is 5.11 Å². The van der Waals surface area contributed by atoms with E-state index in [4.69, 9.17) is 5.26 Å². The Hall–Kier alpha value is -1.31. The molecule has 0 atom stereocenters. The Morgan fingerprint density at radius 3 is 2.70 bits per heavy atom. The van der Waals surface area contributed by atoms with E-state index in [2.05, 4.69) is 24.2 Å². The van der Waals surface area contributed by atoms with Gasteiger partial charge in [-0.15, -0.1) is 0 Å². The van der Waals surface area contributed by atoms with Crippen LogP contribution in [0.5, 0.6) is 0 Å². The normalized spacial score (nSPS) is 17.6. The number of nitrogens with zero attached hydrogens (tertiary/aromatic N) is 3. The molecule has 0 spiro atoms. The zero-order valence-electron chi connectivity index (χ0n) is 12.6. The topological polar surface area (TPSA) is 52.2 Å². The van der Waals surface area contributed by atoms with E-state index in [1.165, 1.54) is 5.56 Å². The zero-order valence-corrected chi connectivity index (χ0v) is 12.6. The lowest BCUT2D eigenvalue weighted by molar-refractivity contribution is 0.0297. The van der Waals surface area contributed by atoms with Crippen LogP contribution < -0.4 is 0 Å². The molecule has 0 aromatic carbocycles. The second-order valence-corrected chi connectivity index (χ2v) is 6.05. The van der Waals surface area contributed by atoms with Crippen molar-refractivity contribution in [1.29, 1.82) is 5.26 Å². The molecule has 0 unspecified atom stereocenters. The summed E-state index contributed by atoms with van der Waals surface area (Å²) in [6.45, 7) is 4.60. The molecule has 0 aliphatic heterocycles. The van der Waals surface area contributed by atoms with Crippen LogP contribution in [0.15, 0.2) is 12.3 Å². The molecule has 1 aliphatic carbocycles. The highest BCUT2D eigenvalue weighted by atomic mass is 16.3. The molecule has 1 fully saturated rings. The fourth-order valence-electron chi connectivity index (χ4n) is 3.08. The first kappa shape index (κ1) is 15.1. The molecule has 2 rings (SSSR count). The summed E-state index contributed by atoms with van der Waals surface area (Å²) >= 11 is 0. The third kappa shape index (κ3) is 3.62. The molecule has 20 heavy (non-hydrogen) atoms. The molecule has 0 saturated heterocycles. The quantitative estimate of drug-likeness (QED) is 0.868. The van der Waals surface area contributed by atoms with Crippen molar-refractivity contribution >= 4 is 0 Å². The maximum absolute atomic E-state index is 10.4. The number of aliphatic hydroxyl groups is 1. The van der Waals surface area contributed by atoms with Gasteiger partial charge < -0.3 is 14.6 Å². The minimum atomic E-state index is -0.429. The lowest BCUT2D eigenvalue weighted by Gasteiger charge is -2.25. The summed E-state index contributed by atoms with van der Waals surface area (Å²) in [5.74, 6) is 0. The lowest BCUT2D eigenvalue weighted by Crippen LogP contribution is -2.30.